The van der Waals surface area contributed by atoms with Crippen LogP contribution in [0.2, 0.25) is 0 Å². The van der Waals surface area contributed by atoms with E-state index in [9.17, 15) is 4.79 Å². The van der Waals surface area contributed by atoms with E-state index in [1.165, 1.54) is 0 Å². The van der Waals surface area contributed by atoms with Crippen LogP contribution in [0.25, 0.3) is 0 Å². The van der Waals surface area contributed by atoms with Gasteiger partial charge in [0.05, 0.1) is 0 Å². The maximum atomic E-state index is 11.5. The fraction of sp³-hybridized carbons (Fsp3) is 0.533. The van der Waals surface area contributed by atoms with Crippen LogP contribution >= 0.6 is 11.8 Å². The van der Waals surface area contributed by atoms with Crippen molar-refractivity contribution >= 4 is 11.8 Å². The first-order chi connectivity index (χ1) is 10.2. The van der Waals surface area contributed by atoms with Crippen LogP contribution < -0.4 is 5.56 Å². The minimum atomic E-state index is -0.0509. The summed E-state index contributed by atoms with van der Waals surface area (Å²) in [5, 5.41) is 0.741. The second-order valence-electron chi connectivity index (χ2n) is 5.02. The summed E-state index contributed by atoms with van der Waals surface area (Å²) in [4.78, 5) is 23.0. The van der Waals surface area contributed by atoms with E-state index in [4.69, 9.17) is 0 Å². The van der Waals surface area contributed by atoms with Crippen molar-refractivity contribution in [1.29, 1.82) is 0 Å². The lowest BCUT2D eigenvalue weighted by atomic mass is 10.2. The molecule has 114 valence electrons. The second kappa shape index (κ2) is 8.02. The Hall–Kier alpha value is -1.56. The Morgan fingerprint density at radius 1 is 1.38 bits per heavy atom. The molecule has 0 fully saturated rings. The van der Waals surface area contributed by atoms with Crippen LogP contribution in [-0.4, -0.2) is 25.3 Å². The summed E-state index contributed by atoms with van der Waals surface area (Å²) in [6.45, 7) is 5.10. The van der Waals surface area contributed by atoms with Gasteiger partial charge < -0.3 is 9.55 Å². The van der Waals surface area contributed by atoms with E-state index in [2.05, 4.69) is 26.4 Å². The maximum absolute atomic E-state index is 11.5. The number of H-pyrrole nitrogens is 1. The fourth-order valence-electron chi connectivity index (χ4n) is 2.13. The highest BCUT2D eigenvalue weighted by Gasteiger charge is 2.02. The molecule has 0 saturated heterocycles. The Kier molecular flexibility index (Phi) is 6.04. The van der Waals surface area contributed by atoms with Crippen molar-refractivity contribution in [2.24, 2.45) is 0 Å². The van der Waals surface area contributed by atoms with Crippen LogP contribution in [0.5, 0.6) is 0 Å². The zero-order chi connectivity index (χ0) is 15.1. The minimum absolute atomic E-state index is 0.0509. The van der Waals surface area contributed by atoms with E-state index < -0.39 is 0 Å². The number of nitrogens with one attached hydrogen (secondary N) is 1. The van der Waals surface area contributed by atoms with Crippen molar-refractivity contribution < 1.29 is 0 Å². The molecular weight excluding hydrogens is 284 g/mol. The molecule has 0 aliphatic heterocycles. The average molecular weight is 306 g/mol. The largest absolute Gasteiger partial charge is 0.335 e. The summed E-state index contributed by atoms with van der Waals surface area (Å²) in [6.07, 6.45) is 7.89. The third kappa shape index (κ3) is 5.04. The van der Waals surface area contributed by atoms with Crippen molar-refractivity contribution in [2.45, 2.75) is 51.2 Å². The third-order valence-electron chi connectivity index (χ3n) is 3.23. The van der Waals surface area contributed by atoms with Crippen LogP contribution in [0.15, 0.2) is 28.4 Å². The van der Waals surface area contributed by atoms with Gasteiger partial charge in [-0.05, 0) is 26.2 Å². The Labute approximate surface area is 129 Å². The van der Waals surface area contributed by atoms with Crippen molar-refractivity contribution in [1.82, 2.24) is 19.5 Å². The van der Waals surface area contributed by atoms with Gasteiger partial charge in [-0.2, -0.15) is 0 Å². The van der Waals surface area contributed by atoms with Crippen molar-refractivity contribution in [3.05, 3.63) is 40.3 Å². The number of imidazole rings is 1. The number of rotatable bonds is 8. The Balaban J connectivity index is 1.75. The highest BCUT2D eigenvalue weighted by Crippen LogP contribution is 2.14. The molecule has 0 aromatic carbocycles. The smallest absolute Gasteiger partial charge is 0.251 e. The van der Waals surface area contributed by atoms with E-state index in [1.807, 2.05) is 19.3 Å². The molecule has 0 saturated carbocycles. The van der Waals surface area contributed by atoms with Crippen molar-refractivity contribution in [3.8, 4) is 0 Å². The summed E-state index contributed by atoms with van der Waals surface area (Å²) in [7, 11) is 0. The number of hydrogen-bond donors (Lipinski definition) is 1. The van der Waals surface area contributed by atoms with Gasteiger partial charge in [0.1, 0.15) is 5.82 Å². The molecule has 2 heterocycles. The Morgan fingerprint density at radius 2 is 2.24 bits per heavy atom. The molecule has 0 unspecified atom stereocenters. The molecule has 0 amide bonds. The summed E-state index contributed by atoms with van der Waals surface area (Å²) in [5.41, 5.74) is 0.836. The van der Waals surface area contributed by atoms with E-state index >= 15 is 0 Å². The summed E-state index contributed by atoms with van der Waals surface area (Å²) < 4.78 is 2.16. The molecule has 0 spiro atoms. The molecule has 0 aliphatic rings. The first kappa shape index (κ1) is 15.8. The lowest BCUT2D eigenvalue weighted by Gasteiger charge is -2.05. The molecule has 2 aromatic rings. The van der Waals surface area contributed by atoms with E-state index in [0.29, 0.717) is 0 Å². The molecular formula is C15H22N4OS. The van der Waals surface area contributed by atoms with Crippen LogP contribution in [-0.2, 0) is 13.0 Å². The molecule has 6 heteroatoms. The van der Waals surface area contributed by atoms with Crippen LogP contribution in [0.4, 0.5) is 0 Å². The average Bonchev–Trinajstić information content (AvgIpc) is 2.84. The SMILES string of the molecule is CCCc1cc(=O)[nH]c(SCCCCn2ccnc2C)n1. The fourth-order valence-corrected chi connectivity index (χ4v) is 3.03. The number of aromatic amines is 1. The van der Waals surface area contributed by atoms with Gasteiger partial charge in [-0.15, -0.1) is 0 Å². The Bertz CT molecular complexity index is 620. The number of aryl methyl sites for hydroxylation is 3. The number of hydrogen-bond acceptors (Lipinski definition) is 4. The highest BCUT2D eigenvalue weighted by atomic mass is 32.2. The van der Waals surface area contributed by atoms with Gasteiger partial charge >= 0.3 is 0 Å². The molecule has 1 N–H and O–H groups in total. The molecule has 0 radical (unpaired) electrons. The number of thioether (sulfide) groups is 1. The zero-order valence-corrected chi connectivity index (χ0v) is 13.4. The summed E-state index contributed by atoms with van der Waals surface area (Å²) in [5.74, 6) is 2.02. The normalized spacial score (nSPS) is 11.0. The van der Waals surface area contributed by atoms with Gasteiger partial charge in [0.15, 0.2) is 5.16 Å². The molecule has 0 aliphatic carbocycles. The number of nitrogens with zero attached hydrogens (tertiary/aromatic N) is 3. The van der Waals surface area contributed by atoms with Gasteiger partial charge in [-0.1, -0.05) is 25.1 Å². The number of aromatic nitrogens is 4. The predicted molar refractivity (Wildman–Crippen MR) is 85.8 cm³/mol. The lowest BCUT2D eigenvalue weighted by molar-refractivity contribution is 0.619. The van der Waals surface area contributed by atoms with Crippen molar-refractivity contribution in [3.63, 3.8) is 0 Å². The van der Waals surface area contributed by atoms with Crippen LogP contribution in [0.1, 0.15) is 37.7 Å². The minimum Gasteiger partial charge on any atom is -0.335 e. The number of unbranched alkanes of at least 4 members (excludes halogenated alkanes) is 1. The monoisotopic (exact) mass is 306 g/mol. The third-order valence-corrected chi connectivity index (χ3v) is 4.19. The quantitative estimate of drug-likeness (QED) is 0.463. The first-order valence-electron chi connectivity index (χ1n) is 7.40. The van der Waals surface area contributed by atoms with Crippen LogP contribution in [0, 0.1) is 6.92 Å². The predicted octanol–water partition coefficient (Wildman–Crippen LogP) is 2.80. The van der Waals surface area contributed by atoms with Gasteiger partial charge in [-0.25, -0.2) is 9.97 Å². The molecule has 21 heavy (non-hydrogen) atoms. The van der Waals surface area contributed by atoms with E-state index in [1.54, 1.807) is 17.8 Å². The molecule has 2 aromatic heterocycles. The molecule has 0 bridgehead atoms. The molecule has 5 nitrogen and oxygen atoms in total. The topological polar surface area (TPSA) is 63.6 Å². The standard InChI is InChI=1S/C15H22N4OS/c1-3-6-13-11-14(20)18-15(17-13)21-10-5-4-8-19-9-7-16-12(19)2/h7,9,11H,3-6,8,10H2,1-2H3,(H,17,18,20). The van der Waals surface area contributed by atoms with E-state index in [0.717, 1.165) is 54.7 Å². The lowest BCUT2D eigenvalue weighted by Crippen LogP contribution is -2.10. The van der Waals surface area contributed by atoms with Gasteiger partial charge in [0.2, 0.25) is 0 Å². The second-order valence-corrected chi connectivity index (χ2v) is 6.10. The van der Waals surface area contributed by atoms with Gasteiger partial charge in [0, 0.05) is 36.5 Å². The summed E-state index contributed by atoms with van der Waals surface area (Å²) in [6, 6.07) is 1.59. The zero-order valence-electron chi connectivity index (χ0n) is 12.6. The first-order valence-corrected chi connectivity index (χ1v) is 8.38. The summed E-state index contributed by atoms with van der Waals surface area (Å²) >= 11 is 1.62. The van der Waals surface area contributed by atoms with Gasteiger partial charge in [-0.3, -0.25) is 4.79 Å². The maximum Gasteiger partial charge on any atom is 0.251 e. The molecule has 0 atom stereocenters. The van der Waals surface area contributed by atoms with Crippen LogP contribution in [0.3, 0.4) is 0 Å². The Morgan fingerprint density at radius 3 is 2.95 bits per heavy atom. The highest BCUT2D eigenvalue weighted by molar-refractivity contribution is 7.99. The molecule has 2 rings (SSSR count). The van der Waals surface area contributed by atoms with E-state index in [-0.39, 0.29) is 5.56 Å². The van der Waals surface area contributed by atoms with Gasteiger partial charge in [0.25, 0.3) is 5.56 Å². The van der Waals surface area contributed by atoms with Crippen molar-refractivity contribution in [2.75, 3.05) is 5.75 Å².